The Bertz CT molecular complexity index is 620. The number of aliphatic carboxylic acids is 1. The van der Waals surface area contributed by atoms with E-state index in [1.54, 1.807) is 11.3 Å². The van der Waals surface area contributed by atoms with Gasteiger partial charge in [0.1, 0.15) is 0 Å². The van der Waals surface area contributed by atoms with Crippen LogP contribution in [-0.4, -0.2) is 31.6 Å². The molecule has 1 N–H and O–H groups in total. The standard InChI is InChI=1S/C14H19N3O2S2/c1-4-10-5-6-11(21-10)13-15-16-14(20-8-12(18)19)17(13)7-9(2)3/h5-6,9H,4,7-8H2,1-3H3,(H,18,19). The van der Waals surface area contributed by atoms with Gasteiger partial charge in [-0.05, 0) is 24.5 Å². The summed E-state index contributed by atoms with van der Waals surface area (Å²) in [5.41, 5.74) is 0. The molecule has 114 valence electrons. The van der Waals surface area contributed by atoms with Gasteiger partial charge in [-0.1, -0.05) is 32.5 Å². The molecular weight excluding hydrogens is 306 g/mol. The van der Waals surface area contributed by atoms with E-state index in [1.165, 1.54) is 16.6 Å². The summed E-state index contributed by atoms with van der Waals surface area (Å²) in [5.74, 6) is 0.432. The van der Waals surface area contributed by atoms with Crippen LogP contribution in [0.5, 0.6) is 0 Å². The molecule has 0 saturated heterocycles. The smallest absolute Gasteiger partial charge is 0.313 e. The van der Waals surface area contributed by atoms with Crippen molar-refractivity contribution in [1.29, 1.82) is 0 Å². The Kier molecular flexibility index (Phi) is 5.41. The van der Waals surface area contributed by atoms with Gasteiger partial charge in [0.05, 0.1) is 10.6 Å². The normalized spacial score (nSPS) is 11.2. The quantitative estimate of drug-likeness (QED) is 0.790. The molecule has 0 fully saturated rings. The molecule has 7 heteroatoms. The van der Waals surface area contributed by atoms with Gasteiger partial charge < -0.3 is 9.67 Å². The first-order chi connectivity index (χ1) is 10.0. The van der Waals surface area contributed by atoms with E-state index >= 15 is 0 Å². The van der Waals surface area contributed by atoms with Crippen LogP contribution in [0.25, 0.3) is 10.7 Å². The van der Waals surface area contributed by atoms with Gasteiger partial charge in [-0.2, -0.15) is 0 Å². The maximum absolute atomic E-state index is 10.7. The zero-order valence-corrected chi connectivity index (χ0v) is 14.0. The van der Waals surface area contributed by atoms with Gasteiger partial charge >= 0.3 is 5.97 Å². The number of aryl methyl sites for hydroxylation is 1. The molecule has 0 amide bonds. The maximum Gasteiger partial charge on any atom is 0.313 e. The van der Waals surface area contributed by atoms with Crippen molar-refractivity contribution < 1.29 is 9.90 Å². The fraction of sp³-hybridized carbons (Fsp3) is 0.500. The average molecular weight is 325 g/mol. The summed E-state index contributed by atoms with van der Waals surface area (Å²) in [7, 11) is 0. The second kappa shape index (κ2) is 7.09. The van der Waals surface area contributed by atoms with E-state index in [0.29, 0.717) is 11.1 Å². The van der Waals surface area contributed by atoms with Crippen LogP contribution in [0.4, 0.5) is 0 Å². The first-order valence-corrected chi connectivity index (χ1v) is 8.68. The van der Waals surface area contributed by atoms with E-state index in [-0.39, 0.29) is 5.75 Å². The van der Waals surface area contributed by atoms with Crippen molar-refractivity contribution in [1.82, 2.24) is 14.8 Å². The molecule has 0 aliphatic carbocycles. The predicted octanol–water partition coefficient (Wildman–Crippen LogP) is 3.40. The SMILES string of the molecule is CCc1ccc(-c2nnc(SCC(=O)O)n2CC(C)C)s1. The highest BCUT2D eigenvalue weighted by atomic mass is 32.2. The van der Waals surface area contributed by atoms with Crippen molar-refractivity contribution in [3.63, 3.8) is 0 Å². The second-order valence-electron chi connectivity index (χ2n) is 5.11. The third-order valence-electron chi connectivity index (χ3n) is 2.82. The Morgan fingerprint density at radius 3 is 2.76 bits per heavy atom. The number of hydrogen-bond acceptors (Lipinski definition) is 5. The highest BCUT2D eigenvalue weighted by Gasteiger charge is 2.17. The minimum atomic E-state index is -0.843. The summed E-state index contributed by atoms with van der Waals surface area (Å²) < 4.78 is 2.03. The first kappa shape index (κ1) is 16.0. The van der Waals surface area contributed by atoms with Gasteiger partial charge in [0, 0.05) is 11.4 Å². The van der Waals surface area contributed by atoms with Crippen LogP contribution < -0.4 is 0 Å². The van der Waals surface area contributed by atoms with Crippen molar-refractivity contribution in [2.75, 3.05) is 5.75 Å². The summed E-state index contributed by atoms with van der Waals surface area (Å²) >= 11 is 2.94. The number of thioether (sulfide) groups is 1. The van der Waals surface area contributed by atoms with Gasteiger partial charge in [0.25, 0.3) is 0 Å². The Balaban J connectivity index is 2.33. The Hall–Kier alpha value is -1.34. The summed E-state index contributed by atoms with van der Waals surface area (Å²) in [6.07, 6.45) is 1.00. The fourth-order valence-corrected chi connectivity index (χ4v) is 3.53. The molecule has 0 spiro atoms. The predicted molar refractivity (Wildman–Crippen MR) is 85.9 cm³/mol. The monoisotopic (exact) mass is 325 g/mol. The van der Waals surface area contributed by atoms with Crippen LogP contribution in [-0.2, 0) is 17.8 Å². The largest absolute Gasteiger partial charge is 0.481 e. The number of rotatable bonds is 7. The molecule has 2 heterocycles. The lowest BCUT2D eigenvalue weighted by Crippen LogP contribution is -2.08. The number of carbonyl (C=O) groups is 1. The fourth-order valence-electron chi connectivity index (χ4n) is 1.92. The van der Waals surface area contributed by atoms with Crippen LogP contribution in [0.1, 0.15) is 25.6 Å². The Morgan fingerprint density at radius 1 is 1.43 bits per heavy atom. The maximum atomic E-state index is 10.7. The highest BCUT2D eigenvalue weighted by molar-refractivity contribution is 7.99. The van der Waals surface area contributed by atoms with Crippen molar-refractivity contribution in [2.45, 2.75) is 38.9 Å². The molecule has 0 aliphatic rings. The number of carboxylic acids is 1. The van der Waals surface area contributed by atoms with Gasteiger partial charge in [0.2, 0.25) is 0 Å². The molecule has 0 unspecified atom stereocenters. The number of carboxylic acid groups (broad SMARTS) is 1. The van der Waals surface area contributed by atoms with Crippen LogP contribution in [0, 0.1) is 5.92 Å². The third-order valence-corrected chi connectivity index (χ3v) is 5.00. The zero-order valence-electron chi connectivity index (χ0n) is 12.4. The summed E-state index contributed by atoms with van der Waals surface area (Å²) in [6.45, 7) is 7.16. The molecule has 0 radical (unpaired) electrons. The molecule has 0 atom stereocenters. The molecule has 0 saturated carbocycles. The van der Waals surface area contributed by atoms with Crippen LogP contribution >= 0.6 is 23.1 Å². The lowest BCUT2D eigenvalue weighted by Gasteiger charge is -2.11. The first-order valence-electron chi connectivity index (χ1n) is 6.88. The molecule has 2 rings (SSSR count). The summed E-state index contributed by atoms with van der Waals surface area (Å²) in [4.78, 5) is 13.1. The van der Waals surface area contributed by atoms with Crippen LogP contribution in [0.3, 0.4) is 0 Å². The lowest BCUT2D eigenvalue weighted by molar-refractivity contribution is -0.133. The minimum absolute atomic E-state index is 0.000872. The molecule has 2 aromatic heterocycles. The van der Waals surface area contributed by atoms with E-state index < -0.39 is 5.97 Å². The van der Waals surface area contributed by atoms with E-state index in [4.69, 9.17) is 5.11 Å². The van der Waals surface area contributed by atoms with Crippen molar-refractivity contribution >= 4 is 29.1 Å². The highest BCUT2D eigenvalue weighted by Crippen LogP contribution is 2.30. The minimum Gasteiger partial charge on any atom is -0.481 e. The van der Waals surface area contributed by atoms with Gasteiger partial charge in [-0.15, -0.1) is 21.5 Å². The molecule has 0 aromatic carbocycles. The zero-order chi connectivity index (χ0) is 15.4. The molecule has 0 aliphatic heterocycles. The van der Waals surface area contributed by atoms with Crippen molar-refractivity contribution in [3.05, 3.63) is 17.0 Å². The van der Waals surface area contributed by atoms with Crippen molar-refractivity contribution in [3.8, 4) is 10.7 Å². The Labute approximate surface area is 132 Å². The third kappa shape index (κ3) is 4.07. The number of aromatic nitrogens is 3. The van der Waals surface area contributed by atoms with Crippen molar-refractivity contribution in [2.24, 2.45) is 5.92 Å². The number of nitrogens with zero attached hydrogens (tertiary/aromatic N) is 3. The molecule has 2 aromatic rings. The topological polar surface area (TPSA) is 68.0 Å². The van der Waals surface area contributed by atoms with Gasteiger partial charge in [-0.25, -0.2) is 0 Å². The summed E-state index contributed by atoms with van der Waals surface area (Å²) in [5, 5.41) is 18.0. The average Bonchev–Trinajstić information content (AvgIpc) is 3.02. The van der Waals surface area contributed by atoms with E-state index in [1.807, 2.05) is 4.57 Å². The number of thiophene rings is 1. The summed E-state index contributed by atoms with van der Waals surface area (Å²) in [6, 6.07) is 4.18. The van der Waals surface area contributed by atoms with Crippen LogP contribution in [0.15, 0.2) is 17.3 Å². The van der Waals surface area contributed by atoms with Gasteiger partial charge in [-0.3, -0.25) is 4.79 Å². The second-order valence-corrected chi connectivity index (χ2v) is 7.22. The van der Waals surface area contributed by atoms with Crippen LogP contribution in [0.2, 0.25) is 0 Å². The Morgan fingerprint density at radius 2 is 2.19 bits per heavy atom. The molecule has 5 nitrogen and oxygen atoms in total. The van der Waals surface area contributed by atoms with E-state index in [9.17, 15) is 4.79 Å². The van der Waals surface area contributed by atoms with E-state index in [0.717, 1.165) is 23.7 Å². The molecular formula is C14H19N3O2S2. The van der Waals surface area contributed by atoms with E-state index in [2.05, 4.69) is 43.1 Å². The molecule has 0 bridgehead atoms. The lowest BCUT2D eigenvalue weighted by atomic mass is 10.2. The van der Waals surface area contributed by atoms with Gasteiger partial charge in [0.15, 0.2) is 11.0 Å². The molecule has 21 heavy (non-hydrogen) atoms. The number of hydrogen-bond donors (Lipinski definition) is 1.